The zero-order valence-electron chi connectivity index (χ0n) is 13.5. The van der Waals surface area contributed by atoms with Gasteiger partial charge in [0, 0.05) is 23.5 Å². The van der Waals surface area contributed by atoms with Crippen molar-refractivity contribution in [3.8, 4) is 11.5 Å². The highest BCUT2D eigenvalue weighted by Crippen LogP contribution is 2.51. The standard InChI is InChI=1S/C17H20N2O4/c1-10-6-12(23-19-10)9-18-17(20)15-8-13(15)14-7-11(21-2)4-5-16(14)22-3/h4-7,13,15H,8-9H2,1-3H3,(H,18,20)/t13-,15+/m0/s1. The number of aryl methyl sites for hydroxylation is 1. The van der Waals surface area contributed by atoms with E-state index < -0.39 is 0 Å². The average Bonchev–Trinajstić information content (AvgIpc) is 3.27. The summed E-state index contributed by atoms with van der Waals surface area (Å²) in [6.07, 6.45) is 0.810. The maximum atomic E-state index is 12.3. The first-order valence-corrected chi connectivity index (χ1v) is 7.54. The number of amides is 1. The molecule has 0 unspecified atom stereocenters. The van der Waals surface area contributed by atoms with Crippen LogP contribution in [0.4, 0.5) is 0 Å². The van der Waals surface area contributed by atoms with Gasteiger partial charge in [-0.05, 0) is 31.5 Å². The van der Waals surface area contributed by atoms with Crippen LogP contribution in [-0.4, -0.2) is 25.3 Å². The van der Waals surface area contributed by atoms with Crippen molar-refractivity contribution in [2.45, 2.75) is 25.8 Å². The minimum atomic E-state index is -0.0416. The number of hydrogen-bond donors (Lipinski definition) is 1. The van der Waals surface area contributed by atoms with Gasteiger partial charge >= 0.3 is 0 Å². The van der Waals surface area contributed by atoms with E-state index in [1.54, 1.807) is 14.2 Å². The number of benzene rings is 1. The summed E-state index contributed by atoms with van der Waals surface area (Å²) in [5.41, 5.74) is 1.82. The van der Waals surface area contributed by atoms with Crippen molar-refractivity contribution in [2.24, 2.45) is 5.92 Å². The van der Waals surface area contributed by atoms with E-state index in [1.165, 1.54) is 0 Å². The van der Waals surface area contributed by atoms with Gasteiger partial charge in [-0.1, -0.05) is 5.16 Å². The minimum absolute atomic E-state index is 0.0222. The predicted molar refractivity (Wildman–Crippen MR) is 83.5 cm³/mol. The van der Waals surface area contributed by atoms with Crippen LogP contribution >= 0.6 is 0 Å². The van der Waals surface area contributed by atoms with Crippen LogP contribution in [0.1, 0.15) is 29.4 Å². The van der Waals surface area contributed by atoms with Crippen LogP contribution in [0.5, 0.6) is 11.5 Å². The Morgan fingerprint density at radius 3 is 2.83 bits per heavy atom. The molecule has 0 radical (unpaired) electrons. The summed E-state index contributed by atoms with van der Waals surface area (Å²) in [5, 5.41) is 6.70. The zero-order chi connectivity index (χ0) is 16.4. The van der Waals surface area contributed by atoms with Gasteiger partial charge in [-0.15, -0.1) is 0 Å². The Balaban J connectivity index is 1.63. The van der Waals surface area contributed by atoms with Crippen LogP contribution in [0.25, 0.3) is 0 Å². The summed E-state index contributed by atoms with van der Waals surface area (Å²) in [6, 6.07) is 7.48. The molecule has 3 rings (SSSR count). The smallest absolute Gasteiger partial charge is 0.224 e. The molecule has 122 valence electrons. The van der Waals surface area contributed by atoms with Crippen LogP contribution in [-0.2, 0) is 11.3 Å². The SMILES string of the molecule is COc1ccc(OC)c([C@@H]2C[C@H]2C(=O)NCc2cc(C)no2)c1. The average molecular weight is 316 g/mol. The number of methoxy groups -OCH3 is 2. The van der Waals surface area contributed by atoms with E-state index in [9.17, 15) is 4.79 Å². The number of nitrogens with one attached hydrogen (secondary N) is 1. The number of nitrogens with zero attached hydrogens (tertiary/aromatic N) is 1. The van der Waals surface area contributed by atoms with Crippen molar-refractivity contribution in [3.05, 3.63) is 41.3 Å². The Hall–Kier alpha value is -2.50. The molecule has 0 bridgehead atoms. The van der Waals surface area contributed by atoms with E-state index in [0.717, 1.165) is 29.2 Å². The Bertz CT molecular complexity index is 710. The Kier molecular flexibility index (Phi) is 4.23. The van der Waals surface area contributed by atoms with Crippen molar-refractivity contribution in [3.63, 3.8) is 0 Å². The molecule has 1 saturated carbocycles. The molecular formula is C17H20N2O4. The number of carbonyl (C=O) groups is 1. The minimum Gasteiger partial charge on any atom is -0.497 e. The molecule has 1 aliphatic carbocycles. The van der Waals surface area contributed by atoms with Gasteiger partial charge in [-0.3, -0.25) is 4.79 Å². The summed E-state index contributed by atoms with van der Waals surface area (Å²) >= 11 is 0. The normalized spacial score (nSPS) is 19.3. The third-order valence-electron chi connectivity index (χ3n) is 4.08. The third kappa shape index (κ3) is 3.31. The molecule has 0 saturated heterocycles. The topological polar surface area (TPSA) is 73.6 Å². The molecule has 6 nitrogen and oxygen atoms in total. The van der Waals surface area contributed by atoms with Crippen molar-refractivity contribution < 1.29 is 18.8 Å². The Morgan fingerprint density at radius 1 is 1.35 bits per heavy atom. The molecule has 1 aromatic heterocycles. The third-order valence-corrected chi connectivity index (χ3v) is 4.08. The lowest BCUT2D eigenvalue weighted by Crippen LogP contribution is -2.24. The first-order valence-electron chi connectivity index (χ1n) is 7.54. The van der Waals surface area contributed by atoms with E-state index in [0.29, 0.717) is 12.3 Å². The zero-order valence-corrected chi connectivity index (χ0v) is 13.5. The summed E-state index contributed by atoms with van der Waals surface area (Å²) in [7, 11) is 3.26. The van der Waals surface area contributed by atoms with E-state index in [4.69, 9.17) is 14.0 Å². The number of aromatic nitrogens is 1. The Labute approximate surface area is 134 Å². The van der Waals surface area contributed by atoms with Gasteiger partial charge in [0.1, 0.15) is 11.5 Å². The summed E-state index contributed by atoms with van der Waals surface area (Å²) in [6.45, 7) is 2.21. The van der Waals surface area contributed by atoms with Gasteiger partial charge in [-0.25, -0.2) is 0 Å². The lowest BCUT2D eigenvalue weighted by atomic mass is 10.1. The number of ether oxygens (including phenoxy) is 2. The van der Waals surface area contributed by atoms with Gasteiger partial charge in [-0.2, -0.15) is 0 Å². The molecule has 6 heteroatoms. The molecule has 1 heterocycles. The summed E-state index contributed by atoms with van der Waals surface area (Å²) in [4.78, 5) is 12.3. The largest absolute Gasteiger partial charge is 0.497 e. The van der Waals surface area contributed by atoms with Crippen LogP contribution in [0.3, 0.4) is 0 Å². The van der Waals surface area contributed by atoms with E-state index >= 15 is 0 Å². The van der Waals surface area contributed by atoms with Crippen molar-refractivity contribution >= 4 is 5.91 Å². The molecule has 1 fully saturated rings. The van der Waals surface area contributed by atoms with Crippen molar-refractivity contribution in [1.82, 2.24) is 10.5 Å². The van der Waals surface area contributed by atoms with Crippen LogP contribution in [0.2, 0.25) is 0 Å². The molecule has 1 aliphatic rings. The molecule has 2 atom stereocenters. The second-order valence-electron chi connectivity index (χ2n) is 5.71. The first-order chi connectivity index (χ1) is 11.1. The van der Waals surface area contributed by atoms with Gasteiger partial charge in [0.2, 0.25) is 5.91 Å². The fourth-order valence-corrected chi connectivity index (χ4v) is 2.76. The first kappa shape index (κ1) is 15.4. The second kappa shape index (κ2) is 6.32. The maximum absolute atomic E-state index is 12.3. The predicted octanol–water partition coefficient (Wildman–Crippen LogP) is 2.42. The van der Waals surface area contributed by atoms with E-state index in [2.05, 4.69) is 10.5 Å². The molecule has 1 amide bonds. The molecule has 1 N–H and O–H groups in total. The fraction of sp³-hybridized carbons (Fsp3) is 0.412. The van der Waals surface area contributed by atoms with Crippen LogP contribution in [0.15, 0.2) is 28.8 Å². The van der Waals surface area contributed by atoms with Gasteiger partial charge in [0.15, 0.2) is 5.76 Å². The van der Waals surface area contributed by atoms with Gasteiger partial charge in [0.25, 0.3) is 0 Å². The van der Waals surface area contributed by atoms with Crippen molar-refractivity contribution in [2.75, 3.05) is 14.2 Å². The van der Waals surface area contributed by atoms with Crippen LogP contribution < -0.4 is 14.8 Å². The molecule has 23 heavy (non-hydrogen) atoms. The van der Waals surface area contributed by atoms with E-state index in [-0.39, 0.29) is 17.7 Å². The number of carbonyl (C=O) groups excluding carboxylic acids is 1. The van der Waals surface area contributed by atoms with Crippen molar-refractivity contribution in [1.29, 1.82) is 0 Å². The molecule has 2 aromatic rings. The fourth-order valence-electron chi connectivity index (χ4n) is 2.76. The molecule has 1 aromatic carbocycles. The molecular weight excluding hydrogens is 296 g/mol. The molecule has 0 spiro atoms. The monoisotopic (exact) mass is 316 g/mol. The van der Waals surface area contributed by atoms with Crippen LogP contribution in [0, 0.1) is 12.8 Å². The highest BCUT2D eigenvalue weighted by Gasteiger charge is 2.45. The number of hydrogen-bond acceptors (Lipinski definition) is 5. The molecule has 0 aliphatic heterocycles. The van der Waals surface area contributed by atoms with Gasteiger partial charge in [0.05, 0.1) is 26.5 Å². The summed E-state index contributed by atoms with van der Waals surface area (Å²) in [5.74, 6) is 2.36. The summed E-state index contributed by atoms with van der Waals surface area (Å²) < 4.78 is 15.7. The lowest BCUT2D eigenvalue weighted by molar-refractivity contribution is -0.122. The highest BCUT2D eigenvalue weighted by atomic mass is 16.5. The maximum Gasteiger partial charge on any atom is 0.224 e. The van der Waals surface area contributed by atoms with Gasteiger partial charge < -0.3 is 19.3 Å². The second-order valence-corrected chi connectivity index (χ2v) is 5.71. The highest BCUT2D eigenvalue weighted by molar-refractivity contribution is 5.83. The lowest BCUT2D eigenvalue weighted by Gasteiger charge is -2.10. The quantitative estimate of drug-likeness (QED) is 0.886. The Morgan fingerprint density at radius 2 is 2.17 bits per heavy atom. The van der Waals surface area contributed by atoms with E-state index in [1.807, 2.05) is 31.2 Å². The number of rotatable bonds is 6.